The number of fused-ring (bicyclic) bond motifs is 3. The normalized spacial score (nSPS) is 13.9. The highest BCUT2D eigenvalue weighted by Crippen LogP contribution is 2.51. The molecule has 5 aliphatic heterocycles. The van der Waals surface area contributed by atoms with Crippen molar-refractivity contribution in [2.24, 2.45) is 0 Å². The fourth-order valence-electron chi connectivity index (χ4n) is 9.54. The van der Waals surface area contributed by atoms with Crippen LogP contribution in [0.2, 0.25) is 0 Å². The van der Waals surface area contributed by atoms with E-state index in [-0.39, 0.29) is 11.0 Å². The Labute approximate surface area is 383 Å². The number of para-hydroxylation sites is 3. The molecule has 0 aliphatic carbocycles. The Balaban J connectivity index is 1.08. The van der Waals surface area contributed by atoms with Crippen molar-refractivity contribution in [2.75, 3.05) is 16.5 Å². The number of aryl methyl sites for hydroxylation is 1. The van der Waals surface area contributed by atoms with E-state index in [1.165, 1.54) is 5.56 Å². The number of hydrogen-bond acceptors (Lipinski definition) is 5. The molecule has 8 aromatic carbocycles. The van der Waals surface area contributed by atoms with E-state index in [1.54, 1.807) is 12.3 Å². The number of anilines is 4. The summed E-state index contributed by atoms with van der Waals surface area (Å²) in [6, 6.07) is 64.0. The number of aromatic nitrogens is 2. The van der Waals surface area contributed by atoms with Crippen LogP contribution < -0.4 is 19.3 Å². The smallest absolute Gasteiger partial charge is 0.137 e. The van der Waals surface area contributed by atoms with Crippen molar-refractivity contribution < 1.29 is 13.6 Å². The maximum Gasteiger partial charge on any atom is 0.137 e. The molecule has 65 heavy (non-hydrogen) atoms. The van der Waals surface area contributed by atoms with Gasteiger partial charge in [0.1, 0.15) is 35.5 Å². The molecular formula is C59H46N4O2. The standard InChI is InChI=1S/C59H46N4O2/c1-38-31-57-60-36-52(38)40-23-26-44(27-24-40)64-45-17-10-15-41(32-45)49-20-12-19-48(39-13-6-5-7-14-39)58(49)62-37-61(54-21-8-9-22-55(54)62)43-16-11-18-46(34-43)65-47-28-29-50-51-33-42(59(2,3)4)25-30-53(51)63(57)56(50)35-47/h5-36H,37H2,1-4H3/i1D3. The lowest BCUT2D eigenvalue weighted by Crippen LogP contribution is -2.25. The van der Waals surface area contributed by atoms with Crippen LogP contribution in [0.4, 0.5) is 22.7 Å². The van der Waals surface area contributed by atoms with Gasteiger partial charge < -0.3 is 19.3 Å². The van der Waals surface area contributed by atoms with Gasteiger partial charge in [0.25, 0.3) is 0 Å². The van der Waals surface area contributed by atoms with Gasteiger partial charge in [-0.3, -0.25) is 4.57 Å². The van der Waals surface area contributed by atoms with Gasteiger partial charge in [-0.05, 0) is 119 Å². The topological polar surface area (TPSA) is 42.8 Å². The molecule has 5 aliphatic rings. The second kappa shape index (κ2) is 15.0. The van der Waals surface area contributed by atoms with Crippen LogP contribution in [0.3, 0.4) is 0 Å². The zero-order chi connectivity index (χ0) is 46.3. The number of pyridine rings is 1. The third kappa shape index (κ3) is 6.68. The average molecular weight is 846 g/mol. The molecule has 10 aromatic rings. The molecule has 6 heteroatoms. The van der Waals surface area contributed by atoms with E-state index in [9.17, 15) is 0 Å². The second-order valence-corrected chi connectivity index (χ2v) is 17.9. The summed E-state index contributed by atoms with van der Waals surface area (Å²) in [5, 5.41) is 2.06. The largest absolute Gasteiger partial charge is 0.457 e. The number of nitrogens with zero attached hydrogens (tertiary/aromatic N) is 4. The Hall–Kier alpha value is -8.09. The van der Waals surface area contributed by atoms with Crippen LogP contribution in [-0.2, 0) is 5.41 Å². The maximum absolute atomic E-state index is 8.78. The number of hydrogen-bond donors (Lipinski definition) is 0. The van der Waals surface area contributed by atoms with Crippen molar-refractivity contribution in [1.29, 1.82) is 0 Å². The minimum atomic E-state index is -2.44. The Bertz CT molecular complexity index is 3590. The Kier molecular flexibility index (Phi) is 8.18. The quantitative estimate of drug-likeness (QED) is 0.165. The lowest BCUT2D eigenvalue weighted by molar-refractivity contribution is 0.483. The Morgan fingerprint density at radius 2 is 1.17 bits per heavy atom. The summed E-state index contributed by atoms with van der Waals surface area (Å²) in [5.74, 6) is 3.12. The maximum atomic E-state index is 8.78. The predicted octanol–water partition coefficient (Wildman–Crippen LogP) is 15.9. The van der Waals surface area contributed by atoms with Gasteiger partial charge in [-0.15, -0.1) is 0 Å². The van der Waals surface area contributed by atoms with Crippen molar-refractivity contribution in [3.63, 3.8) is 0 Å². The van der Waals surface area contributed by atoms with Gasteiger partial charge in [-0.25, -0.2) is 4.98 Å². The molecule has 6 nitrogen and oxygen atoms in total. The van der Waals surface area contributed by atoms with Crippen LogP contribution in [0.1, 0.15) is 36.0 Å². The van der Waals surface area contributed by atoms with Crippen LogP contribution in [0, 0.1) is 6.85 Å². The molecule has 0 unspecified atom stereocenters. The highest BCUT2D eigenvalue weighted by Gasteiger charge is 2.31. The van der Waals surface area contributed by atoms with E-state index in [2.05, 4.69) is 156 Å². The molecule has 0 spiro atoms. The van der Waals surface area contributed by atoms with Gasteiger partial charge in [0.05, 0.1) is 28.1 Å². The van der Waals surface area contributed by atoms with Crippen LogP contribution >= 0.6 is 0 Å². The van der Waals surface area contributed by atoms with Gasteiger partial charge in [0.15, 0.2) is 0 Å². The van der Waals surface area contributed by atoms with Crippen molar-refractivity contribution in [3.05, 3.63) is 205 Å². The summed E-state index contributed by atoms with van der Waals surface area (Å²) in [4.78, 5) is 9.77. The minimum Gasteiger partial charge on any atom is -0.457 e. The summed E-state index contributed by atoms with van der Waals surface area (Å²) in [5.41, 5.74) is 12.8. The first-order valence-electron chi connectivity index (χ1n) is 23.5. The van der Waals surface area contributed by atoms with Crippen molar-refractivity contribution in [3.8, 4) is 62.2 Å². The summed E-state index contributed by atoms with van der Waals surface area (Å²) in [6.45, 7) is 4.74. The second-order valence-electron chi connectivity index (χ2n) is 17.9. The minimum absolute atomic E-state index is 0.0902. The van der Waals surface area contributed by atoms with E-state index in [1.807, 2.05) is 60.7 Å². The Morgan fingerprint density at radius 3 is 1.97 bits per heavy atom. The predicted molar refractivity (Wildman–Crippen MR) is 267 cm³/mol. The summed E-state index contributed by atoms with van der Waals surface area (Å²) in [6.07, 6.45) is 1.68. The van der Waals surface area contributed by atoms with Crippen LogP contribution in [0.15, 0.2) is 194 Å². The Morgan fingerprint density at radius 1 is 0.508 bits per heavy atom. The first-order valence-corrected chi connectivity index (χ1v) is 22.0. The zero-order valence-electron chi connectivity index (χ0n) is 39.3. The molecule has 0 radical (unpaired) electrons. The van der Waals surface area contributed by atoms with Crippen molar-refractivity contribution >= 4 is 44.6 Å². The first-order chi connectivity index (χ1) is 32.9. The molecule has 314 valence electrons. The lowest BCUT2D eigenvalue weighted by atomic mass is 9.86. The van der Waals surface area contributed by atoms with Crippen molar-refractivity contribution in [2.45, 2.75) is 33.0 Å². The molecule has 0 atom stereocenters. The molecular weight excluding hydrogens is 797 g/mol. The van der Waals surface area contributed by atoms with Gasteiger partial charge in [-0.1, -0.05) is 118 Å². The SMILES string of the molecule is [2H]C([2H])([2H])c1cc2ncc1-c1ccc(cc1)Oc1cccc(c1)-c1cccc(-c3ccccc3)c1N1CN(c3cccc(c3)Oc3ccc4c5cc(C(C)(C)C)ccc5n-2c4c3)c2ccccc21. The molecule has 0 saturated carbocycles. The van der Waals surface area contributed by atoms with Crippen molar-refractivity contribution in [1.82, 2.24) is 9.55 Å². The third-order valence-electron chi connectivity index (χ3n) is 12.8. The molecule has 0 saturated heterocycles. The first kappa shape index (κ1) is 35.4. The number of ether oxygens (including phenoxy) is 2. The number of rotatable bonds is 1. The van der Waals surface area contributed by atoms with Gasteiger partial charge in [0, 0.05) is 55.6 Å². The van der Waals surface area contributed by atoms with E-state index in [0.29, 0.717) is 41.0 Å². The zero-order valence-corrected chi connectivity index (χ0v) is 36.3. The molecule has 2 aromatic heterocycles. The van der Waals surface area contributed by atoms with Crippen LogP contribution in [0.5, 0.6) is 23.0 Å². The monoisotopic (exact) mass is 845 g/mol. The van der Waals surface area contributed by atoms with E-state index in [4.69, 9.17) is 18.6 Å². The lowest BCUT2D eigenvalue weighted by Gasteiger charge is -2.27. The highest BCUT2D eigenvalue weighted by molar-refractivity contribution is 6.10. The van der Waals surface area contributed by atoms with E-state index < -0.39 is 6.85 Å². The summed E-state index contributed by atoms with van der Waals surface area (Å²) < 4.78 is 41.8. The third-order valence-corrected chi connectivity index (χ3v) is 12.8. The van der Waals surface area contributed by atoms with E-state index >= 15 is 0 Å². The summed E-state index contributed by atoms with van der Waals surface area (Å²) in [7, 11) is 0. The molecule has 0 N–H and O–H groups in total. The molecule has 7 heterocycles. The molecule has 12 bridgehead atoms. The van der Waals surface area contributed by atoms with Crippen LogP contribution in [-0.4, -0.2) is 16.2 Å². The van der Waals surface area contributed by atoms with Gasteiger partial charge in [-0.2, -0.15) is 0 Å². The van der Waals surface area contributed by atoms with E-state index in [0.717, 1.165) is 72.4 Å². The molecule has 15 rings (SSSR count). The fourth-order valence-corrected chi connectivity index (χ4v) is 9.54. The van der Waals surface area contributed by atoms with Gasteiger partial charge in [0.2, 0.25) is 0 Å². The summed E-state index contributed by atoms with van der Waals surface area (Å²) >= 11 is 0. The average Bonchev–Trinajstić information content (AvgIpc) is 3.89. The van der Waals surface area contributed by atoms with Crippen LogP contribution in [0.25, 0.3) is 61.0 Å². The molecule has 0 amide bonds. The molecule has 0 fully saturated rings. The van der Waals surface area contributed by atoms with Gasteiger partial charge >= 0.3 is 0 Å². The number of benzene rings is 8. The highest BCUT2D eigenvalue weighted by atomic mass is 16.5. The fraction of sp³-hybridized carbons (Fsp3) is 0.102.